The van der Waals surface area contributed by atoms with Crippen LogP contribution in [0.2, 0.25) is 0 Å². The molecule has 0 bridgehead atoms. The van der Waals surface area contributed by atoms with Crippen LogP contribution in [0.1, 0.15) is 46.1 Å². The van der Waals surface area contributed by atoms with Crippen molar-refractivity contribution in [3.63, 3.8) is 0 Å². The van der Waals surface area contributed by atoms with Gasteiger partial charge in [-0.05, 0) is 47.7 Å². The summed E-state index contributed by atoms with van der Waals surface area (Å²) in [6.45, 7) is 8.27. The van der Waals surface area contributed by atoms with E-state index in [1.165, 1.54) is 5.56 Å². The Balaban J connectivity index is 1.89. The lowest BCUT2D eigenvalue weighted by atomic mass is 9.82. The van der Waals surface area contributed by atoms with E-state index in [2.05, 4.69) is 31.4 Å². The van der Waals surface area contributed by atoms with Gasteiger partial charge < -0.3 is 15.4 Å². The highest BCUT2D eigenvalue weighted by atomic mass is 16.5. The summed E-state index contributed by atoms with van der Waals surface area (Å²) in [6.07, 6.45) is 1.45. The smallest absolute Gasteiger partial charge is 0.262 e. The minimum absolute atomic E-state index is 0.0727. The van der Waals surface area contributed by atoms with Gasteiger partial charge in [0.25, 0.3) is 5.91 Å². The van der Waals surface area contributed by atoms with Crippen LogP contribution in [-0.2, 0) is 15.0 Å². The van der Waals surface area contributed by atoms with Gasteiger partial charge in [0.15, 0.2) is 6.61 Å². The Labute approximate surface area is 161 Å². The summed E-state index contributed by atoms with van der Waals surface area (Å²) in [5, 5.41) is 5.54. The van der Waals surface area contributed by atoms with Gasteiger partial charge in [0.05, 0.1) is 0 Å². The first kappa shape index (κ1) is 20.5. The van der Waals surface area contributed by atoms with Gasteiger partial charge in [0.1, 0.15) is 5.75 Å². The van der Waals surface area contributed by atoms with Crippen LogP contribution in [0.5, 0.6) is 5.75 Å². The standard InChI is InChI=1S/C22H28N2O3/c1-5-20(25)23-17-8-7-9-18(14-17)24-21(26)15-27-19-12-10-16(11-13-19)22(3,4)6-2/h7-14H,5-6,15H2,1-4H3,(H,23,25)(H,24,26). The Hall–Kier alpha value is -2.82. The Morgan fingerprint density at radius 2 is 1.52 bits per heavy atom. The molecule has 0 radical (unpaired) electrons. The van der Waals surface area contributed by atoms with Crippen LogP contribution in [0.25, 0.3) is 0 Å². The van der Waals surface area contributed by atoms with Crippen molar-refractivity contribution in [1.29, 1.82) is 0 Å². The maximum absolute atomic E-state index is 12.1. The molecule has 0 saturated heterocycles. The first-order valence-electron chi connectivity index (χ1n) is 9.27. The second-order valence-corrected chi connectivity index (χ2v) is 7.08. The van der Waals surface area contributed by atoms with Crippen molar-refractivity contribution < 1.29 is 14.3 Å². The molecule has 0 atom stereocenters. The molecule has 2 aromatic carbocycles. The van der Waals surface area contributed by atoms with Gasteiger partial charge in [0, 0.05) is 17.8 Å². The van der Waals surface area contributed by atoms with Gasteiger partial charge in [-0.2, -0.15) is 0 Å². The molecule has 0 unspecified atom stereocenters. The zero-order valence-corrected chi connectivity index (χ0v) is 16.5. The van der Waals surface area contributed by atoms with E-state index >= 15 is 0 Å². The van der Waals surface area contributed by atoms with Crippen molar-refractivity contribution >= 4 is 23.2 Å². The van der Waals surface area contributed by atoms with Crippen LogP contribution in [0.15, 0.2) is 48.5 Å². The van der Waals surface area contributed by atoms with Gasteiger partial charge in [-0.1, -0.05) is 45.9 Å². The molecule has 0 aliphatic carbocycles. The van der Waals surface area contributed by atoms with Crippen LogP contribution in [0.3, 0.4) is 0 Å². The molecule has 27 heavy (non-hydrogen) atoms. The Morgan fingerprint density at radius 1 is 0.926 bits per heavy atom. The quantitative estimate of drug-likeness (QED) is 0.707. The molecular weight excluding hydrogens is 340 g/mol. The second kappa shape index (κ2) is 9.21. The molecule has 0 aliphatic rings. The summed E-state index contributed by atoms with van der Waals surface area (Å²) < 4.78 is 5.57. The van der Waals surface area contributed by atoms with Crippen molar-refractivity contribution in [2.75, 3.05) is 17.2 Å². The average molecular weight is 368 g/mol. The molecule has 0 saturated carbocycles. The van der Waals surface area contributed by atoms with E-state index in [4.69, 9.17) is 4.74 Å². The molecular formula is C22H28N2O3. The zero-order valence-electron chi connectivity index (χ0n) is 16.5. The number of amides is 2. The summed E-state index contributed by atoms with van der Waals surface area (Å²) in [7, 11) is 0. The zero-order chi connectivity index (χ0) is 19.9. The van der Waals surface area contributed by atoms with E-state index in [0.29, 0.717) is 23.5 Å². The number of hydrogen-bond acceptors (Lipinski definition) is 3. The summed E-state index contributed by atoms with van der Waals surface area (Å²) in [5.41, 5.74) is 2.62. The average Bonchev–Trinajstić information content (AvgIpc) is 2.67. The summed E-state index contributed by atoms with van der Waals surface area (Å²) in [4.78, 5) is 23.6. The van der Waals surface area contributed by atoms with Crippen LogP contribution in [-0.4, -0.2) is 18.4 Å². The van der Waals surface area contributed by atoms with Crippen LogP contribution >= 0.6 is 0 Å². The van der Waals surface area contributed by atoms with Crippen molar-refractivity contribution in [2.24, 2.45) is 0 Å². The fourth-order valence-electron chi connectivity index (χ4n) is 2.48. The Kier molecular flexibility index (Phi) is 6.99. The molecule has 0 fully saturated rings. The minimum Gasteiger partial charge on any atom is -0.484 e. The number of anilines is 2. The normalized spacial score (nSPS) is 11.0. The number of benzene rings is 2. The van der Waals surface area contributed by atoms with Gasteiger partial charge in [-0.15, -0.1) is 0 Å². The van der Waals surface area contributed by atoms with Crippen LogP contribution in [0, 0.1) is 0 Å². The fourth-order valence-corrected chi connectivity index (χ4v) is 2.48. The third kappa shape index (κ3) is 6.13. The molecule has 0 aromatic heterocycles. The third-order valence-corrected chi connectivity index (χ3v) is 4.64. The van der Waals surface area contributed by atoms with Gasteiger partial charge in [-0.25, -0.2) is 0 Å². The van der Waals surface area contributed by atoms with Crippen molar-refractivity contribution in [1.82, 2.24) is 0 Å². The number of nitrogens with one attached hydrogen (secondary N) is 2. The van der Waals surface area contributed by atoms with Crippen molar-refractivity contribution in [3.8, 4) is 5.75 Å². The molecule has 0 heterocycles. The lowest BCUT2D eigenvalue weighted by molar-refractivity contribution is -0.118. The number of rotatable bonds is 8. The molecule has 2 rings (SSSR count). The predicted octanol–water partition coefficient (Wildman–Crippen LogP) is 4.74. The number of carbonyl (C=O) groups excluding carboxylic acids is 2. The van der Waals surface area contributed by atoms with Crippen LogP contribution in [0.4, 0.5) is 11.4 Å². The van der Waals surface area contributed by atoms with Crippen molar-refractivity contribution in [3.05, 3.63) is 54.1 Å². The Bertz CT molecular complexity index is 782. The topological polar surface area (TPSA) is 67.4 Å². The molecule has 0 aliphatic heterocycles. The first-order chi connectivity index (χ1) is 12.8. The lowest BCUT2D eigenvalue weighted by Crippen LogP contribution is -2.20. The summed E-state index contributed by atoms with van der Waals surface area (Å²) in [5.74, 6) is 0.327. The van der Waals surface area contributed by atoms with E-state index < -0.39 is 0 Å². The van der Waals surface area contributed by atoms with Crippen LogP contribution < -0.4 is 15.4 Å². The van der Waals surface area contributed by atoms with E-state index in [9.17, 15) is 9.59 Å². The van der Waals surface area contributed by atoms with Gasteiger partial charge in [0.2, 0.25) is 5.91 Å². The van der Waals surface area contributed by atoms with Gasteiger partial charge in [-0.3, -0.25) is 9.59 Å². The summed E-state index contributed by atoms with van der Waals surface area (Å²) >= 11 is 0. The highest BCUT2D eigenvalue weighted by Crippen LogP contribution is 2.28. The number of carbonyl (C=O) groups is 2. The van der Waals surface area contributed by atoms with E-state index in [-0.39, 0.29) is 23.8 Å². The third-order valence-electron chi connectivity index (χ3n) is 4.64. The molecule has 5 heteroatoms. The largest absolute Gasteiger partial charge is 0.484 e. The van der Waals surface area contributed by atoms with Crippen molar-refractivity contribution in [2.45, 2.75) is 46.0 Å². The second-order valence-electron chi connectivity index (χ2n) is 7.08. The molecule has 5 nitrogen and oxygen atoms in total. The van der Waals surface area contributed by atoms with E-state index in [0.717, 1.165) is 6.42 Å². The predicted molar refractivity (Wildman–Crippen MR) is 109 cm³/mol. The van der Waals surface area contributed by atoms with Gasteiger partial charge >= 0.3 is 0 Å². The lowest BCUT2D eigenvalue weighted by Gasteiger charge is -2.23. The summed E-state index contributed by atoms with van der Waals surface area (Å²) in [6, 6.07) is 14.9. The highest BCUT2D eigenvalue weighted by Gasteiger charge is 2.17. The van der Waals surface area contributed by atoms with E-state index in [1.807, 2.05) is 24.3 Å². The molecule has 0 spiro atoms. The monoisotopic (exact) mass is 368 g/mol. The fraction of sp³-hybridized carbons (Fsp3) is 0.364. The minimum atomic E-state index is -0.257. The highest BCUT2D eigenvalue weighted by molar-refractivity contribution is 5.94. The number of hydrogen-bond donors (Lipinski definition) is 2. The number of ether oxygens (including phenoxy) is 1. The maximum Gasteiger partial charge on any atom is 0.262 e. The molecule has 144 valence electrons. The SMILES string of the molecule is CCC(=O)Nc1cccc(NC(=O)COc2ccc(C(C)(C)CC)cc2)c1. The van der Waals surface area contributed by atoms with E-state index in [1.54, 1.807) is 31.2 Å². The molecule has 2 aromatic rings. The first-order valence-corrected chi connectivity index (χ1v) is 9.27. The molecule has 2 N–H and O–H groups in total. The Morgan fingerprint density at radius 3 is 2.07 bits per heavy atom. The maximum atomic E-state index is 12.1. The molecule has 2 amide bonds.